The number of carbonyl (C=O) groups excluding carboxylic acids is 1. The fourth-order valence-electron chi connectivity index (χ4n) is 2.91. The predicted octanol–water partition coefficient (Wildman–Crippen LogP) is 1.90. The Morgan fingerprint density at radius 1 is 1.24 bits per heavy atom. The second kappa shape index (κ2) is 8.07. The van der Waals surface area contributed by atoms with Crippen molar-refractivity contribution < 1.29 is 13.2 Å². The van der Waals surface area contributed by atoms with Gasteiger partial charge in [-0.1, -0.05) is 18.2 Å². The zero-order chi connectivity index (χ0) is 17.7. The predicted molar refractivity (Wildman–Crippen MR) is 96.8 cm³/mol. The molecule has 1 amide bonds. The zero-order valence-corrected chi connectivity index (χ0v) is 15.4. The number of benzene rings is 1. The van der Waals surface area contributed by atoms with Crippen LogP contribution in [0.3, 0.4) is 0 Å². The maximum atomic E-state index is 12.6. The number of carbonyl (C=O) groups is 1. The van der Waals surface area contributed by atoms with E-state index in [9.17, 15) is 13.2 Å². The van der Waals surface area contributed by atoms with Crippen molar-refractivity contribution in [2.24, 2.45) is 5.92 Å². The third-order valence-corrected chi connectivity index (χ3v) is 7.08. The average Bonchev–Trinajstić information content (AvgIpc) is 3.16. The Labute approximate surface area is 151 Å². The Balaban J connectivity index is 1.49. The Hall–Kier alpha value is -1.77. The van der Waals surface area contributed by atoms with E-state index in [-0.39, 0.29) is 11.8 Å². The lowest BCUT2D eigenvalue weighted by Gasteiger charge is -2.30. The highest BCUT2D eigenvalue weighted by Gasteiger charge is 2.31. The van der Waals surface area contributed by atoms with Gasteiger partial charge in [0.25, 0.3) is 0 Å². The zero-order valence-electron chi connectivity index (χ0n) is 13.8. The van der Waals surface area contributed by atoms with Gasteiger partial charge in [-0.05, 0) is 25.0 Å². The highest BCUT2D eigenvalue weighted by Crippen LogP contribution is 2.23. The molecule has 25 heavy (non-hydrogen) atoms. The molecule has 1 saturated heterocycles. The van der Waals surface area contributed by atoms with Gasteiger partial charge in [-0.25, -0.2) is 13.4 Å². The smallest absolute Gasteiger partial charge is 0.243 e. The first-order chi connectivity index (χ1) is 12.1. The second-order valence-electron chi connectivity index (χ2n) is 5.96. The van der Waals surface area contributed by atoms with Crippen LogP contribution in [0.5, 0.6) is 0 Å². The quantitative estimate of drug-likeness (QED) is 0.831. The van der Waals surface area contributed by atoms with Crippen molar-refractivity contribution in [1.82, 2.24) is 14.6 Å². The molecule has 0 saturated carbocycles. The number of piperidine rings is 1. The molecule has 2 aromatic rings. The van der Waals surface area contributed by atoms with E-state index in [0.717, 1.165) is 11.4 Å². The number of nitrogens with zero attached hydrogens (tertiary/aromatic N) is 2. The topological polar surface area (TPSA) is 79.4 Å². The van der Waals surface area contributed by atoms with E-state index in [0.29, 0.717) is 37.4 Å². The van der Waals surface area contributed by atoms with Crippen LogP contribution in [0.2, 0.25) is 0 Å². The van der Waals surface area contributed by atoms with Crippen molar-refractivity contribution in [2.75, 3.05) is 19.6 Å². The van der Waals surface area contributed by atoms with Gasteiger partial charge < -0.3 is 5.32 Å². The van der Waals surface area contributed by atoms with Gasteiger partial charge >= 0.3 is 0 Å². The number of nitrogens with one attached hydrogen (secondary N) is 1. The molecule has 0 spiro atoms. The van der Waals surface area contributed by atoms with Crippen LogP contribution in [0.15, 0.2) is 46.8 Å². The third-order valence-electron chi connectivity index (χ3n) is 4.33. The summed E-state index contributed by atoms with van der Waals surface area (Å²) in [6.07, 6.45) is 3.58. The van der Waals surface area contributed by atoms with Gasteiger partial charge in [0.05, 0.1) is 9.90 Å². The highest BCUT2D eigenvalue weighted by molar-refractivity contribution is 7.89. The Morgan fingerprint density at radius 2 is 1.96 bits per heavy atom. The van der Waals surface area contributed by atoms with E-state index in [1.807, 2.05) is 5.38 Å². The van der Waals surface area contributed by atoms with Crippen LogP contribution >= 0.6 is 11.3 Å². The SMILES string of the molecule is O=C(NCCc1nccs1)C1CCN(S(=O)(=O)c2ccccc2)CC1. The molecule has 0 aliphatic carbocycles. The van der Waals surface area contributed by atoms with Crippen LogP contribution in [0.25, 0.3) is 0 Å². The first-order valence-corrected chi connectivity index (χ1v) is 10.6. The van der Waals surface area contributed by atoms with Crippen LogP contribution in [-0.2, 0) is 21.2 Å². The van der Waals surface area contributed by atoms with Crippen LogP contribution in [0.1, 0.15) is 17.8 Å². The molecular weight excluding hydrogens is 358 g/mol. The van der Waals surface area contributed by atoms with Gasteiger partial charge in [-0.3, -0.25) is 4.79 Å². The first kappa shape index (κ1) is 18.0. The number of rotatable bonds is 6. The molecule has 1 aliphatic rings. The molecule has 1 aromatic carbocycles. The van der Waals surface area contributed by atoms with Crippen LogP contribution < -0.4 is 5.32 Å². The third kappa shape index (κ3) is 4.45. The Kier molecular flexibility index (Phi) is 5.82. The van der Waals surface area contributed by atoms with Crippen LogP contribution in [0.4, 0.5) is 0 Å². The monoisotopic (exact) mass is 379 g/mol. The van der Waals surface area contributed by atoms with E-state index in [1.54, 1.807) is 47.9 Å². The Morgan fingerprint density at radius 3 is 2.60 bits per heavy atom. The number of hydrogen-bond donors (Lipinski definition) is 1. The summed E-state index contributed by atoms with van der Waals surface area (Å²) in [4.78, 5) is 16.7. The van der Waals surface area contributed by atoms with Gasteiger partial charge in [0.15, 0.2) is 0 Å². The maximum absolute atomic E-state index is 12.6. The molecule has 0 bridgehead atoms. The molecule has 6 nitrogen and oxygen atoms in total. The molecule has 3 rings (SSSR count). The fourth-order valence-corrected chi connectivity index (χ4v) is 5.02. The minimum Gasteiger partial charge on any atom is -0.355 e. The number of aromatic nitrogens is 1. The minimum absolute atomic E-state index is 0.00770. The molecule has 8 heteroatoms. The van der Waals surface area contributed by atoms with Gasteiger partial charge in [0, 0.05) is 43.5 Å². The molecular formula is C17H21N3O3S2. The van der Waals surface area contributed by atoms with Gasteiger partial charge in [0.1, 0.15) is 0 Å². The normalized spacial score (nSPS) is 16.6. The van der Waals surface area contributed by atoms with E-state index in [1.165, 1.54) is 4.31 Å². The lowest BCUT2D eigenvalue weighted by molar-refractivity contribution is -0.126. The summed E-state index contributed by atoms with van der Waals surface area (Å²) >= 11 is 1.58. The standard InChI is InChI=1S/C17H21N3O3S2/c21-17(19-9-6-16-18-10-13-24-16)14-7-11-20(12-8-14)25(22,23)15-4-2-1-3-5-15/h1-5,10,13-14H,6-9,11-12H2,(H,19,21). The van der Waals surface area contributed by atoms with Crippen LogP contribution in [-0.4, -0.2) is 43.2 Å². The van der Waals surface area contributed by atoms with Crippen molar-refractivity contribution in [1.29, 1.82) is 0 Å². The number of hydrogen-bond acceptors (Lipinski definition) is 5. The summed E-state index contributed by atoms with van der Waals surface area (Å²) in [6.45, 7) is 1.32. The van der Waals surface area contributed by atoms with Crippen molar-refractivity contribution in [3.05, 3.63) is 46.9 Å². The maximum Gasteiger partial charge on any atom is 0.243 e. The van der Waals surface area contributed by atoms with Crippen molar-refractivity contribution in [2.45, 2.75) is 24.2 Å². The van der Waals surface area contributed by atoms with E-state index >= 15 is 0 Å². The average molecular weight is 380 g/mol. The molecule has 1 aromatic heterocycles. The van der Waals surface area contributed by atoms with E-state index in [2.05, 4.69) is 10.3 Å². The highest BCUT2D eigenvalue weighted by atomic mass is 32.2. The van der Waals surface area contributed by atoms with Crippen molar-refractivity contribution in [3.63, 3.8) is 0 Å². The summed E-state index contributed by atoms with van der Waals surface area (Å²) in [5.74, 6) is -0.119. The fraction of sp³-hybridized carbons (Fsp3) is 0.412. The molecule has 0 unspecified atom stereocenters. The van der Waals surface area contributed by atoms with Crippen molar-refractivity contribution >= 4 is 27.3 Å². The van der Waals surface area contributed by atoms with Gasteiger partial charge in [-0.2, -0.15) is 4.31 Å². The lowest BCUT2D eigenvalue weighted by Crippen LogP contribution is -2.43. The summed E-state index contributed by atoms with van der Waals surface area (Å²) in [5.41, 5.74) is 0. The van der Waals surface area contributed by atoms with E-state index in [4.69, 9.17) is 0 Å². The molecule has 0 radical (unpaired) electrons. The molecule has 0 atom stereocenters. The number of sulfonamides is 1. The Bertz CT molecular complexity index is 784. The van der Waals surface area contributed by atoms with Gasteiger partial charge in [-0.15, -0.1) is 11.3 Å². The minimum atomic E-state index is -3.46. The molecule has 2 heterocycles. The molecule has 1 N–H and O–H groups in total. The summed E-state index contributed by atoms with van der Waals surface area (Å²) < 4.78 is 26.6. The molecule has 1 fully saturated rings. The molecule has 1 aliphatic heterocycles. The van der Waals surface area contributed by atoms with Crippen molar-refractivity contribution in [3.8, 4) is 0 Å². The first-order valence-electron chi connectivity index (χ1n) is 8.28. The summed E-state index contributed by atoms with van der Waals surface area (Å²) in [6, 6.07) is 8.44. The van der Waals surface area contributed by atoms with E-state index < -0.39 is 10.0 Å². The van der Waals surface area contributed by atoms with Gasteiger partial charge in [0.2, 0.25) is 15.9 Å². The number of thiazole rings is 1. The largest absolute Gasteiger partial charge is 0.355 e. The summed E-state index contributed by atoms with van der Waals surface area (Å²) in [5, 5.41) is 5.86. The molecule has 134 valence electrons. The van der Waals surface area contributed by atoms with Crippen LogP contribution in [0, 0.1) is 5.92 Å². The lowest BCUT2D eigenvalue weighted by atomic mass is 9.97. The summed E-state index contributed by atoms with van der Waals surface area (Å²) in [7, 11) is -3.46. The second-order valence-corrected chi connectivity index (χ2v) is 8.88. The number of amides is 1.